The third kappa shape index (κ3) is 2.97. The van der Waals surface area contributed by atoms with Crippen LogP contribution >= 0.6 is 0 Å². The monoisotopic (exact) mass is 318 g/mol. The molecule has 0 N–H and O–H groups in total. The number of sulfone groups is 1. The second kappa shape index (κ2) is 5.68. The SMILES string of the molecule is CN(Cc1cccc2cnccc12)C(=O)C1CCS(=O)(=O)C1. The van der Waals surface area contributed by atoms with Gasteiger partial charge in [0.15, 0.2) is 9.84 Å². The molecule has 5 nitrogen and oxygen atoms in total. The van der Waals surface area contributed by atoms with Crippen LogP contribution in [0.5, 0.6) is 0 Å². The van der Waals surface area contributed by atoms with Crippen molar-refractivity contribution in [3.63, 3.8) is 0 Å². The van der Waals surface area contributed by atoms with Crippen LogP contribution in [0.25, 0.3) is 10.8 Å². The van der Waals surface area contributed by atoms with E-state index in [0.29, 0.717) is 13.0 Å². The Kier molecular flexibility index (Phi) is 3.87. The van der Waals surface area contributed by atoms with E-state index in [1.165, 1.54) is 0 Å². The number of carbonyl (C=O) groups is 1. The molecule has 22 heavy (non-hydrogen) atoms. The number of aromatic nitrogens is 1. The molecule has 1 saturated heterocycles. The maximum absolute atomic E-state index is 12.4. The molecular formula is C16H18N2O3S. The molecule has 1 aromatic heterocycles. The molecule has 3 rings (SSSR count). The lowest BCUT2D eigenvalue weighted by molar-refractivity contribution is -0.133. The van der Waals surface area contributed by atoms with E-state index >= 15 is 0 Å². The first-order chi connectivity index (χ1) is 10.5. The second-order valence-electron chi connectivity index (χ2n) is 5.81. The molecule has 0 bridgehead atoms. The Labute approximate surface area is 129 Å². The van der Waals surface area contributed by atoms with Gasteiger partial charge in [0.05, 0.1) is 17.4 Å². The van der Waals surface area contributed by atoms with Crippen LogP contribution in [-0.2, 0) is 21.2 Å². The first-order valence-corrected chi connectivity index (χ1v) is 9.05. The molecular weight excluding hydrogens is 300 g/mol. The Bertz CT molecular complexity index is 812. The highest BCUT2D eigenvalue weighted by atomic mass is 32.2. The van der Waals surface area contributed by atoms with E-state index in [1.807, 2.05) is 24.3 Å². The van der Waals surface area contributed by atoms with Crippen LogP contribution in [0, 0.1) is 5.92 Å². The van der Waals surface area contributed by atoms with Crippen LogP contribution in [0.1, 0.15) is 12.0 Å². The van der Waals surface area contributed by atoms with Gasteiger partial charge >= 0.3 is 0 Å². The molecule has 6 heteroatoms. The van der Waals surface area contributed by atoms with Crippen LogP contribution in [-0.4, -0.2) is 42.8 Å². The van der Waals surface area contributed by atoms with Gasteiger partial charge in [0.2, 0.25) is 5.91 Å². The van der Waals surface area contributed by atoms with Crippen LogP contribution in [0.4, 0.5) is 0 Å². The van der Waals surface area contributed by atoms with E-state index in [9.17, 15) is 13.2 Å². The van der Waals surface area contributed by atoms with E-state index in [0.717, 1.165) is 16.3 Å². The summed E-state index contributed by atoms with van der Waals surface area (Å²) in [7, 11) is -1.31. The number of benzene rings is 1. The first-order valence-electron chi connectivity index (χ1n) is 7.23. The number of nitrogens with zero attached hydrogens (tertiary/aromatic N) is 2. The number of rotatable bonds is 3. The largest absolute Gasteiger partial charge is 0.341 e. The van der Waals surface area contributed by atoms with Gasteiger partial charge in [-0.05, 0) is 23.4 Å². The van der Waals surface area contributed by atoms with Gasteiger partial charge < -0.3 is 4.90 Å². The Balaban J connectivity index is 1.79. The molecule has 1 aromatic carbocycles. The summed E-state index contributed by atoms with van der Waals surface area (Å²) in [5, 5.41) is 2.10. The fourth-order valence-electron chi connectivity index (χ4n) is 2.96. The molecule has 0 radical (unpaired) electrons. The quantitative estimate of drug-likeness (QED) is 0.862. The number of amides is 1. The Morgan fingerprint density at radius 3 is 2.91 bits per heavy atom. The van der Waals surface area contributed by atoms with E-state index < -0.39 is 15.8 Å². The number of hydrogen-bond donors (Lipinski definition) is 0. The van der Waals surface area contributed by atoms with Gasteiger partial charge in [-0.3, -0.25) is 9.78 Å². The van der Waals surface area contributed by atoms with Gasteiger partial charge in [-0.15, -0.1) is 0 Å². The third-order valence-electron chi connectivity index (χ3n) is 4.14. The second-order valence-corrected chi connectivity index (χ2v) is 8.04. The minimum absolute atomic E-state index is 0.0182. The molecule has 0 spiro atoms. The van der Waals surface area contributed by atoms with Gasteiger partial charge in [0, 0.05) is 31.4 Å². The molecule has 1 fully saturated rings. The maximum atomic E-state index is 12.4. The number of carbonyl (C=O) groups excluding carboxylic acids is 1. The minimum atomic E-state index is -3.04. The molecule has 0 saturated carbocycles. The van der Waals surface area contributed by atoms with E-state index in [2.05, 4.69) is 4.98 Å². The molecule has 1 amide bonds. The van der Waals surface area contributed by atoms with Crippen molar-refractivity contribution in [2.75, 3.05) is 18.6 Å². The van der Waals surface area contributed by atoms with Gasteiger partial charge in [-0.25, -0.2) is 8.42 Å². The molecule has 2 aromatic rings. The lowest BCUT2D eigenvalue weighted by Crippen LogP contribution is -2.33. The summed E-state index contributed by atoms with van der Waals surface area (Å²) in [4.78, 5) is 18.1. The normalized spacial score (nSPS) is 20.1. The van der Waals surface area contributed by atoms with Crippen LogP contribution < -0.4 is 0 Å². The van der Waals surface area contributed by atoms with Crippen LogP contribution in [0.2, 0.25) is 0 Å². The van der Waals surface area contributed by atoms with Gasteiger partial charge in [-0.2, -0.15) is 0 Å². The average Bonchev–Trinajstić information content (AvgIpc) is 2.87. The summed E-state index contributed by atoms with van der Waals surface area (Å²) in [6, 6.07) is 7.84. The smallest absolute Gasteiger partial charge is 0.226 e. The summed E-state index contributed by atoms with van der Waals surface area (Å²) in [6.07, 6.45) is 3.96. The summed E-state index contributed by atoms with van der Waals surface area (Å²) in [5.41, 5.74) is 1.04. The van der Waals surface area contributed by atoms with Gasteiger partial charge in [0.25, 0.3) is 0 Å². The number of fused-ring (bicyclic) bond motifs is 1. The van der Waals surface area contributed by atoms with Gasteiger partial charge in [-0.1, -0.05) is 18.2 Å². The molecule has 1 atom stereocenters. The standard InChI is InChI=1S/C16H18N2O3S/c1-18(16(19)14-6-8-22(20,21)11-14)10-13-4-2-3-12-9-17-7-5-15(12)13/h2-5,7,9,14H,6,8,10-11H2,1H3. The Morgan fingerprint density at radius 1 is 1.36 bits per heavy atom. The summed E-state index contributed by atoms with van der Waals surface area (Å²) < 4.78 is 23.0. The maximum Gasteiger partial charge on any atom is 0.226 e. The van der Waals surface area contributed by atoms with E-state index in [-0.39, 0.29) is 17.4 Å². The van der Waals surface area contributed by atoms with E-state index in [1.54, 1.807) is 24.3 Å². The van der Waals surface area contributed by atoms with Crippen molar-refractivity contribution in [2.45, 2.75) is 13.0 Å². The van der Waals surface area contributed by atoms with Crippen molar-refractivity contribution in [3.05, 3.63) is 42.2 Å². The molecule has 1 aliphatic rings. The van der Waals surface area contributed by atoms with Gasteiger partial charge in [0.1, 0.15) is 0 Å². The van der Waals surface area contributed by atoms with E-state index in [4.69, 9.17) is 0 Å². The predicted molar refractivity (Wildman–Crippen MR) is 85.0 cm³/mol. The molecule has 0 aliphatic carbocycles. The fraction of sp³-hybridized carbons (Fsp3) is 0.375. The summed E-state index contributed by atoms with van der Waals surface area (Å²) in [6.45, 7) is 0.469. The zero-order chi connectivity index (χ0) is 15.7. The van der Waals surface area contributed by atoms with Crippen LogP contribution in [0.3, 0.4) is 0 Å². The highest BCUT2D eigenvalue weighted by Gasteiger charge is 2.34. The molecule has 2 heterocycles. The van der Waals surface area contributed by atoms with Crippen molar-refractivity contribution < 1.29 is 13.2 Å². The van der Waals surface area contributed by atoms with Crippen LogP contribution in [0.15, 0.2) is 36.7 Å². The lowest BCUT2D eigenvalue weighted by atomic mass is 10.0. The van der Waals surface area contributed by atoms with Crippen molar-refractivity contribution >= 4 is 26.5 Å². The molecule has 1 aliphatic heterocycles. The molecule has 116 valence electrons. The minimum Gasteiger partial charge on any atom is -0.341 e. The number of hydrogen-bond acceptors (Lipinski definition) is 4. The first kappa shape index (κ1) is 15.0. The predicted octanol–water partition coefficient (Wildman–Crippen LogP) is 1.63. The topological polar surface area (TPSA) is 67.3 Å². The lowest BCUT2D eigenvalue weighted by Gasteiger charge is -2.21. The third-order valence-corrected chi connectivity index (χ3v) is 5.90. The van der Waals surface area contributed by atoms with Crippen molar-refractivity contribution in [2.24, 2.45) is 5.92 Å². The average molecular weight is 318 g/mol. The highest BCUT2D eigenvalue weighted by molar-refractivity contribution is 7.91. The van der Waals surface area contributed by atoms with Crippen molar-refractivity contribution in [3.8, 4) is 0 Å². The highest BCUT2D eigenvalue weighted by Crippen LogP contribution is 2.23. The summed E-state index contributed by atoms with van der Waals surface area (Å²) >= 11 is 0. The van der Waals surface area contributed by atoms with Crippen molar-refractivity contribution in [1.29, 1.82) is 0 Å². The summed E-state index contributed by atoms with van der Waals surface area (Å²) in [5.74, 6) is -0.383. The zero-order valence-corrected chi connectivity index (χ0v) is 13.2. The zero-order valence-electron chi connectivity index (χ0n) is 12.4. The Morgan fingerprint density at radius 2 is 2.18 bits per heavy atom. The van der Waals surface area contributed by atoms with Crippen molar-refractivity contribution in [1.82, 2.24) is 9.88 Å². The Hall–Kier alpha value is -1.95. The number of pyridine rings is 1. The molecule has 1 unspecified atom stereocenters. The fourth-order valence-corrected chi connectivity index (χ4v) is 4.69.